The molecule has 106 valence electrons. The van der Waals surface area contributed by atoms with Crippen molar-refractivity contribution < 1.29 is 9.53 Å². The second-order valence-corrected chi connectivity index (χ2v) is 4.85. The molecule has 0 bridgehead atoms. The van der Waals surface area contributed by atoms with E-state index >= 15 is 0 Å². The molecule has 0 fully saturated rings. The average Bonchev–Trinajstić information content (AvgIpc) is 2.38. The normalized spacial score (nSPS) is 10.6. The largest absolute Gasteiger partial charge is 0.462 e. The van der Waals surface area contributed by atoms with Gasteiger partial charge in [-0.25, -0.2) is 4.79 Å². The highest BCUT2D eigenvalue weighted by atomic mass is 16.5. The Hall–Kier alpha value is -1.55. The lowest BCUT2D eigenvalue weighted by molar-refractivity contribution is 0.0526. The molecule has 0 heterocycles. The van der Waals surface area contributed by atoms with E-state index in [1.165, 1.54) is 0 Å². The average molecular weight is 264 g/mol. The van der Waals surface area contributed by atoms with E-state index in [0.29, 0.717) is 12.2 Å². The standard InChI is InChI=1S/C15H24N2O2/c1-5-19-15(18)13-7-9-14(10-8-13)17(4)12-6-11-16(2)3/h7-10H,5-6,11-12H2,1-4H3. The van der Waals surface area contributed by atoms with Crippen LogP contribution in [0.3, 0.4) is 0 Å². The number of nitrogens with zero attached hydrogens (tertiary/aromatic N) is 2. The summed E-state index contributed by atoms with van der Waals surface area (Å²) in [4.78, 5) is 15.9. The van der Waals surface area contributed by atoms with Gasteiger partial charge in [0, 0.05) is 19.3 Å². The zero-order valence-corrected chi connectivity index (χ0v) is 12.3. The molecule has 1 aromatic carbocycles. The Morgan fingerprint density at radius 1 is 1.11 bits per heavy atom. The predicted octanol–water partition coefficient (Wildman–Crippen LogP) is 2.25. The molecule has 0 aliphatic heterocycles. The summed E-state index contributed by atoms with van der Waals surface area (Å²) < 4.78 is 4.96. The Balaban J connectivity index is 2.53. The predicted molar refractivity (Wildman–Crippen MR) is 78.8 cm³/mol. The monoisotopic (exact) mass is 264 g/mol. The van der Waals surface area contributed by atoms with Gasteiger partial charge in [-0.3, -0.25) is 0 Å². The van der Waals surface area contributed by atoms with E-state index in [-0.39, 0.29) is 5.97 Å². The summed E-state index contributed by atoms with van der Waals surface area (Å²) in [5, 5.41) is 0. The Morgan fingerprint density at radius 3 is 2.26 bits per heavy atom. The molecular formula is C15H24N2O2. The van der Waals surface area contributed by atoms with Crippen molar-refractivity contribution in [2.75, 3.05) is 45.7 Å². The molecule has 4 nitrogen and oxygen atoms in total. The molecule has 1 aromatic rings. The van der Waals surface area contributed by atoms with Gasteiger partial charge in [-0.05, 0) is 58.3 Å². The number of hydrogen-bond donors (Lipinski definition) is 0. The molecule has 0 amide bonds. The first kappa shape index (κ1) is 15.5. The van der Waals surface area contributed by atoms with E-state index < -0.39 is 0 Å². The van der Waals surface area contributed by atoms with Gasteiger partial charge >= 0.3 is 5.97 Å². The molecule has 0 atom stereocenters. The maximum absolute atomic E-state index is 11.5. The first-order chi connectivity index (χ1) is 9.04. The number of carbonyl (C=O) groups excluding carboxylic acids is 1. The molecule has 4 heteroatoms. The van der Waals surface area contributed by atoms with Crippen molar-refractivity contribution in [2.45, 2.75) is 13.3 Å². The van der Waals surface area contributed by atoms with E-state index in [2.05, 4.69) is 30.9 Å². The lowest BCUT2D eigenvalue weighted by Crippen LogP contribution is -2.23. The van der Waals surface area contributed by atoms with Crippen LogP contribution in [0.1, 0.15) is 23.7 Å². The fraction of sp³-hybridized carbons (Fsp3) is 0.533. The van der Waals surface area contributed by atoms with E-state index in [1.807, 2.05) is 31.2 Å². The summed E-state index contributed by atoms with van der Waals surface area (Å²) in [5.41, 5.74) is 1.72. The zero-order valence-electron chi connectivity index (χ0n) is 12.3. The molecule has 0 radical (unpaired) electrons. The molecule has 0 aliphatic rings. The van der Waals surface area contributed by atoms with Gasteiger partial charge < -0.3 is 14.5 Å². The van der Waals surface area contributed by atoms with Crippen molar-refractivity contribution >= 4 is 11.7 Å². The van der Waals surface area contributed by atoms with Gasteiger partial charge in [0.15, 0.2) is 0 Å². The third kappa shape index (κ3) is 5.30. The molecule has 0 saturated heterocycles. The molecular weight excluding hydrogens is 240 g/mol. The zero-order chi connectivity index (χ0) is 14.3. The minimum atomic E-state index is -0.260. The summed E-state index contributed by atoms with van der Waals surface area (Å²) in [6.07, 6.45) is 1.11. The number of rotatable bonds is 7. The van der Waals surface area contributed by atoms with Gasteiger partial charge in [0.1, 0.15) is 0 Å². The Kier molecular flexibility index (Phi) is 6.36. The first-order valence-electron chi connectivity index (χ1n) is 6.67. The quantitative estimate of drug-likeness (QED) is 0.707. The highest BCUT2D eigenvalue weighted by Gasteiger charge is 2.07. The number of anilines is 1. The molecule has 0 aromatic heterocycles. The Bertz CT molecular complexity index is 388. The van der Waals surface area contributed by atoms with Crippen molar-refractivity contribution in [1.82, 2.24) is 4.90 Å². The molecule has 0 N–H and O–H groups in total. The van der Waals surface area contributed by atoms with Crippen molar-refractivity contribution in [2.24, 2.45) is 0 Å². The van der Waals surface area contributed by atoms with Crippen LogP contribution in [0.2, 0.25) is 0 Å². The van der Waals surface area contributed by atoms with Gasteiger partial charge in [0.2, 0.25) is 0 Å². The summed E-state index contributed by atoms with van der Waals surface area (Å²) in [6, 6.07) is 7.55. The minimum Gasteiger partial charge on any atom is -0.462 e. The van der Waals surface area contributed by atoms with Crippen LogP contribution in [0.15, 0.2) is 24.3 Å². The van der Waals surface area contributed by atoms with Crippen molar-refractivity contribution in [3.8, 4) is 0 Å². The second kappa shape index (κ2) is 7.79. The molecule has 19 heavy (non-hydrogen) atoms. The van der Waals surface area contributed by atoms with E-state index in [9.17, 15) is 4.79 Å². The van der Waals surface area contributed by atoms with Crippen LogP contribution in [0.5, 0.6) is 0 Å². The number of carbonyl (C=O) groups is 1. The fourth-order valence-corrected chi connectivity index (χ4v) is 1.82. The van der Waals surface area contributed by atoms with Crippen LogP contribution < -0.4 is 4.90 Å². The lowest BCUT2D eigenvalue weighted by atomic mass is 10.2. The van der Waals surface area contributed by atoms with Crippen LogP contribution in [0, 0.1) is 0 Å². The summed E-state index contributed by atoms with van der Waals surface area (Å²) in [5.74, 6) is -0.260. The molecule has 0 unspecified atom stereocenters. The Morgan fingerprint density at radius 2 is 1.74 bits per heavy atom. The Labute approximate surface area is 116 Å². The molecule has 0 spiro atoms. The summed E-state index contributed by atoms with van der Waals surface area (Å²) in [6.45, 7) is 4.29. The smallest absolute Gasteiger partial charge is 0.338 e. The SMILES string of the molecule is CCOC(=O)c1ccc(N(C)CCCN(C)C)cc1. The first-order valence-corrected chi connectivity index (χ1v) is 6.67. The number of ether oxygens (including phenoxy) is 1. The van der Waals surface area contributed by atoms with Crippen LogP contribution in [-0.2, 0) is 4.74 Å². The summed E-state index contributed by atoms with van der Waals surface area (Å²) >= 11 is 0. The van der Waals surface area contributed by atoms with Gasteiger partial charge in [-0.15, -0.1) is 0 Å². The van der Waals surface area contributed by atoms with Crippen molar-refractivity contribution in [3.63, 3.8) is 0 Å². The van der Waals surface area contributed by atoms with Gasteiger partial charge in [0.05, 0.1) is 12.2 Å². The minimum absolute atomic E-state index is 0.260. The van der Waals surface area contributed by atoms with Crippen molar-refractivity contribution in [1.29, 1.82) is 0 Å². The molecule has 0 saturated carbocycles. The van der Waals surface area contributed by atoms with Gasteiger partial charge in [0.25, 0.3) is 0 Å². The third-order valence-electron chi connectivity index (χ3n) is 2.92. The molecule has 0 aliphatic carbocycles. The van der Waals surface area contributed by atoms with E-state index in [4.69, 9.17) is 4.74 Å². The number of benzene rings is 1. The van der Waals surface area contributed by atoms with Gasteiger partial charge in [-0.2, -0.15) is 0 Å². The fourth-order valence-electron chi connectivity index (χ4n) is 1.82. The van der Waals surface area contributed by atoms with Crippen LogP contribution in [0.25, 0.3) is 0 Å². The third-order valence-corrected chi connectivity index (χ3v) is 2.92. The van der Waals surface area contributed by atoms with E-state index in [0.717, 1.165) is 25.2 Å². The lowest BCUT2D eigenvalue weighted by Gasteiger charge is -2.20. The van der Waals surface area contributed by atoms with Crippen LogP contribution in [-0.4, -0.2) is 51.7 Å². The van der Waals surface area contributed by atoms with E-state index in [1.54, 1.807) is 0 Å². The van der Waals surface area contributed by atoms with Gasteiger partial charge in [-0.1, -0.05) is 0 Å². The van der Waals surface area contributed by atoms with Crippen LogP contribution >= 0.6 is 0 Å². The topological polar surface area (TPSA) is 32.8 Å². The maximum Gasteiger partial charge on any atom is 0.338 e. The second-order valence-electron chi connectivity index (χ2n) is 4.85. The highest BCUT2D eigenvalue weighted by molar-refractivity contribution is 5.89. The number of hydrogen-bond acceptors (Lipinski definition) is 4. The molecule has 1 rings (SSSR count). The highest BCUT2D eigenvalue weighted by Crippen LogP contribution is 2.14. The maximum atomic E-state index is 11.5. The summed E-state index contributed by atoms with van der Waals surface area (Å²) in [7, 11) is 6.22. The van der Waals surface area contributed by atoms with Crippen LogP contribution in [0.4, 0.5) is 5.69 Å². The van der Waals surface area contributed by atoms with Crippen molar-refractivity contribution in [3.05, 3.63) is 29.8 Å². The number of esters is 1.